The Balaban J connectivity index is 1.04. The highest BCUT2D eigenvalue weighted by molar-refractivity contribution is 5.96. The number of fused-ring (bicyclic) bond motifs is 8. The van der Waals surface area contributed by atoms with E-state index in [-0.39, 0.29) is 11.5 Å². The normalized spacial score (nSPS) is 24.0. The molecule has 0 unspecified atom stereocenters. The molecular formula is C106H134N4O36. The van der Waals surface area contributed by atoms with Crippen LogP contribution in [0.3, 0.4) is 0 Å². The van der Waals surface area contributed by atoms with Crippen molar-refractivity contribution in [1.29, 1.82) is 0 Å². The lowest BCUT2D eigenvalue weighted by molar-refractivity contribution is -0.354. The highest BCUT2D eigenvalue weighted by Gasteiger charge is 2.61. The lowest BCUT2D eigenvalue weighted by atomic mass is 9.96. The largest absolute Gasteiger partial charge is 0.463 e. The quantitative estimate of drug-likeness (QED) is 0.0203. The van der Waals surface area contributed by atoms with Gasteiger partial charge in [-0.25, -0.2) is 9.97 Å². The van der Waals surface area contributed by atoms with E-state index in [0.717, 1.165) is 208 Å². The van der Waals surface area contributed by atoms with E-state index in [1.165, 1.54) is 38.5 Å². The fourth-order valence-corrected chi connectivity index (χ4v) is 18.5. The molecule has 0 aliphatic carbocycles. The van der Waals surface area contributed by atoms with Crippen LogP contribution in [-0.4, -0.2) is 253 Å². The van der Waals surface area contributed by atoms with Gasteiger partial charge in [0.15, 0.2) is 61.4 Å². The molecule has 4 fully saturated rings. The van der Waals surface area contributed by atoms with Gasteiger partial charge >= 0.3 is 83.6 Å². The van der Waals surface area contributed by atoms with Gasteiger partial charge in [0, 0.05) is 141 Å². The van der Waals surface area contributed by atoms with Crippen molar-refractivity contribution >= 4 is 130 Å². The first-order valence-corrected chi connectivity index (χ1v) is 49.7. The molecule has 146 heavy (non-hydrogen) atoms. The molecule has 4 saturated heterocycles. The van der Waals surface area contributed by atoms with Gasteiger partial charge in [-0.2, -0.15) is 0 Å². The molecule has 20 atom stereocenters. The van der Waals surface area contributed by atoms with Gasteiger partial charge in [0.1, 0.15) is 74.6 Å². The number of rotatable bonds is 48. The number of benzene rings is 2. The molecule has 794 valence electrons. The molecule has 3 aromatic heterocycles. The van der Waals surface area contributed by atoms with Crippen LogP contribution in [0.1, 0.15) is 260 Å². The summed E-state index contributed by atoms with van der Waals surface area (Å²) >= 11 is 0. The number of carbonyl (C=O) groups excluding carboxylic acids is 14. The van der Waals surface area contributed by atoms with Crippen LogP contribution >= 0.6 is 0 Å². The molecule has 0 saturated carbocycles. The van der Waals surface area contributed by atoms with Gasteiger partial charge in [-0.05, 0) is 110 Å². The Labute approximate surface area is 846 Å². The summed E-state index contributed by atoms with van der Waals surface area (Å²) in [6, 6.07) is 21.5. The number of hydrogen-bond acceptors (Lipinski definition) is 38. The fraction of sp³-hybridized carbons (Fsp3) is 0.566. The summed E-state index contributed by atoms with van der Waals surface area (Å²) in [6.45, 7) is 16.5. The molecule has 11 rings (SSSR count). The smallest absolute Gasteiger partial charge is 0.303 e. The van der Waals surface area contributed by atoms with Crippen LogP contribution in [0.25, 0.3) is 68.6 Å². The lowest BCUT2D eigenvalue weighted by Gasteiger charge is -2.48. The second kappa shape index (κ2) is 55.0. The van der Waals surface area contributed by atoms with Gasteiger partial charge in [-0.1, -0.05) is 141 Å². The van der Waals surface area contributed by atoms with Crippen LogP contribution < -0.4 is 9.47 Å². The van der Waals surface area contributed by atoms with E-state index in [9.17, 15) is 67.1 Å². The SMILES string of the molecule is CCCCCCCCCCCc1c2nc(c(CCCCCCCCCCC)c3ccc([nH]3)c(-c3ccc(O[C@@H]4O[C@H](COC(C)=O)[C@@H](O[C@H]5O[C@H](COC(C)=O)[C@@H](OC(C)=O)[C@H](OC(C)=O)[C@H]5OC(C)=O)[C@H](OC(C)=O)[C@H]4OC(C)=O)cc3)c3nc(c(-c4ccc(O[C@@H]5O[C@H](COC(C)=O)[C@@H](O[C@H]6O[C@H](COC(C)=O)[C@@H](OC(C)=O)[C@H](OC(C)=O)[C@H]6OC(C)=O)[C@H](OC(C)=O)[C@H]5OC(C)=O)cc4)c4ccc1[nH]4)C=C3)C=C2. The van der Waals surface area contributed by atoms with E-state index >= 15 is 0 Å². The zero-order valence-corrected chi connectivity index (χ0v) is 85.3. The first kappa shape index (κ1) is 113. The summed E-state index contributed by atoms with van der Waals surface area (Å²) in [4.78, 5) is 201. The molecule has 6 aliphatic rings. The van der Waals surface area contributed by atoms with Gasteiger partial charge in [0.05, 0.1) is 22.8 Å². The van der Waals surface area contributed by atoms with Gasteiger partial charge < -0.3 is 114 Å². The standard InChI is InChI=1S/C106H134N4O36/c1-17-19-21-23-25-27-29-31-33-35-75-77-45-46-78(107-77)76(36-34-32-30-28-26-24-22-20-18-2)80-48-50-82(109-80)90(72-39-43-74(44-40-72)140-104-100(136-68(14)122)98(134-66(12)120)94(88(142-104)56-128-60(6)114)146-106-102(138-70(16)124)96(132-64(10)118)92(130-62(8)116)86(144-106)54-126-58(4)112)84-52-51-83(110-84)89(81-49-47-79(75)108-81)71-37-41-73(42-38-71)139-103-99(135-67(13)121)97(133-65(11)119)93(87(141-103)55-127-59(5)113)145-105-101(137-69(15)123)95(131-63(9)117)91(129-61(7)115)85(143-105)53-125-57(3)111/h37-52,85-88,91-106,108-109H,17-36,53-56H2,1-16H3/t85-,86-,87-,88-,91-,92-,93-,94-,95+,96+,97+,98+,99-,100-,101-,102-,103-,104-,105-,106-/m1/s1. The van der Waals surface area contributed by atoms with Crippen molar-refractivity contribution in [3.63, 3.8) is 0 Å². The Bertz CT molecular complexity index is 5300. The summed E-state index contributed by atoms with van der Waals surface area (Å²) in [7, 11) is 0. The van der Waals surface area contributed by atoms with Gasteiger partial charge in [-0.15, -0.1) is 0 Å². The Hall–Kier alpha value is -13.0. The van der Waals surface area contributed by atoms with Crippen molar-refractivity contribution in [3.8, 4) is 33.8 Å². The van der Waals surface area contributed by atoms with E-state index in [1.807, 2.05) is 36.4 Å². The van der Waals surface area contributed by atoms with Crippen LogP contribution in [0, 0.1) is 0 Å². The summed E-state index contributed by atoms with van der Waals surface area (Å²) in [5.74, 6) is -12.7. The van der Waals surface area contributed by atoms with E-state index in [4.69, 9.17) is 114 Å². The number of aryl methyl sites for hydroxylation is 2. The van der Waals surface area contributed by atoms with Crippen LogP contribution in [0.15, 0.2) is 72.8 Å². The number of hydrogen-bond donors (Lipinski definition) is 2. The summed E-state index contributed by atoms with van der Waals surface area (Å²) in [5, 5.41) is 0. The number of unbranched alkanes of at least 4 members (excludes halogenated alkanes) is 16. The van der Waals surface area contributed by atoms with E-state index in [2.05, 4.69) is 36.0 Å². The highest BCUT2D eigenvalue weighted by atomic mass is 16.8. The number of H-pyrrole nitrogens is 2. The van der Waals surface area contributed by atoms with Crippen molar-refractivity contribution in [2.24, 2.45) is 0 Å². The number of nitrogens with zero attached hydrogens (tertiary/aromatic N) is 2. The van der Waals surface area contributed by atoms with Crippen molar-refractivity contribution in [2.45, 2.75) is 362 Å². The van der Waals surface area contributed by atoms with Gasteiger partial charge in [0.25, 0.3) is 0 Å². The Morgan fingerprint density at radius 2 is 0.486 bits per heavy atom. The third-order valence-corrected chi connectivity index (χ3v) is 24.6. The molecule has 8 bridgehead atoms. The van der Waals surface area contributed by atoms with Crippen LogP contribution in [0.4, 0.5) is 0 Å². The molecule has 0 radical (unpaired) electrons. The molecule has 40 nitrogen and oxygen atoms in total. The Morgan fingerprint density at radius 1 is 0.253 bits per heavy atom. The molecule has 6 aliphatic heterocycles. The second-order valence-corrected chi connectivity index (χ2v) is 36.5. The van der Waals surface area contributed by atoms with Crippen molar-refractivity contribution in [3.05, 3.63) is 107 Å². The molecule has 40 heteroatoms. The van der Waals surface area contributed by atoms with Crippen LogP contribution in [-0.2, 0) is 175 Å². The molecule has 0 amide bonds. The highest BCUT2D eigenvalue weighted by Crippen LogP contribution is 2.43. The third-order valence-electron chi connectivity index (χ3n) is 24.6. The minimum absolute atomic E-state index is 0.0681. The fourth-order valence-electron chi connectivity index (χ4n) is 18.5. The maximum absolute atomic E-state index is 13.6. The van der Waals surface area contributed by atoms with Crippen LogP contribution in [0.2, 0.25) is 0 Å². The summed E-state index contributed by atoms with van der Waals surface area (Å²) in [5.41, 5.74) is 9.66. The number of ether oxygens (including phenoxy) is 22. The number of carbonyl (C=O) groups is 14. The van der Waals surface area contributed by atoms with E-state index in [0.29, 0.717) is 57.5 Å². The average molecular weight is 2040 g/mol. The topological polar surface area (TPSA) is 499 Å². The monoisotopic (exact) mass is 2040 g/mol. The Kier molecular flexibility index (Phi) is 42.6. The molecule has 2 N–H and O–H groups in total. The average Bonchev–Trinajstić information content (AvgIpc) is 1.55. The molecule has 5 aromatic rings. The van der Waals surface area contributed by atoms with Crippen molar-refractivity contribution in [2.75, 3.05) is 26.4 Å². The number of nitrogens with one attached hydrogen (secondary N) is 2. The molecular weight excluding hydrogens is 1910 g/mol. The summed E-state index contributed by atoms with van der Waals surface area (Å²) in [6.07, 6.45) is -5.55. The van der Waals surface area contributed by atoms with Gasteiger partial charge in [-0.3, -0.25) is 67.1 Å². The predicted molar refractivity (Wildman–Crippen MR) is 519 cm³/mol. The first-order chi connectivity index (χ1) is 69.8. The zero-order valence-electron chi connectivity index (χ0n) is 85.3. The predicted octanol–water partition coefficient (Wildman–Crippen LogP) is 14.1. The van der Waals surface area contributed by atoms with E-state index < -0.39 is 233 Å². The lowest BCUT2D eigenvalue weighted by Crippen LogP contribution is -2.67. The molecule has 9 heterocycles. The van der Waals surface area contributed by atoms with E-state index in [1.54, 1.807) is 48.5 Å². The van der Waals surface area contributed by atoms with Crippen molar-refractivity contribution in [1.82, 2.24) is 19.9 Å². The third kappa shape index (κ3) is 32.5. The summed E-state index contributed by atoms with van der Waals surface area (Å²) < 4.78 is 132. The van der Waals surface area contributed by atoms with Gasteiger partial charge in [0.2, 0.25) is 24.8 Å². The molecule has 0 spiro atoms. The first-order valence-electron chi connectivity index (χ1n) is 49.7. The maximum atomic E-state index is 13.6. The van der Waals surface area contributed by atoms with Crippen molar-refractivity contribution < 1.29 is 171 Å². The number of esters is 14. The maximum Gasteiger partial charge on any atom is 0.303 e. The van der Waals surface area contributed by atoms with Crippen LogP contribution in [0.5, 0.6) is 11.5 Å². The Morgan fingerprint density at radius 3 is 0.774 bits per heavy atom. The minimum atomic E-state index is -1.95. The molecule has 2 aromatic carbocycles. The minimum Gasteiger partial charge on any atom is -0.463 e. The number of aromatic nitrogens is 4. The zero-order chi connectivity index (χ0) is 106. The number of aromatic amines is 2. The second-order valence-electron chi connectivity index (χ2n) is 36.5.